The fraction of sp³-hybridized carbons (Fsp3) is 0.125. The first-order valence-electron chi connectivity index (χ1n) is 7.31. The van der Waals surface area contributed by atoms with Gasteiger partial charge in [0.15, 0.2) is 5.82 Å². The molecular formula is C16H16N4O2S2. The topological polar surface area (TPSA) is 84.0 Å². The van der Waals surface area contributed by atoms with Crippen molar-refractivity contribution in [2.45, 2.75) is 10.6 Å². The highest BCUT2D eigenvalue weighted by atomic mass is 32.2. The van der Waals surface area contributed by atoms with E-state index in [1.807, 2.05) is 18.2 Å². The zero-order chi connectivity index (χ0) is 16.8. The summed E-state index contributed by atoms with van der Waals surface area (Å²) in [5.41, 5.74) is 1.23. The number of hydrogen-bond acceptors (Lipinski definition) is 6. The maximum atomic E-state index is 12.1. The monoisotopic (exact) mass is 360 g/mol. The minimum absolute atomic E-state index is 0.192. The number of nitrogens with one attached hydrogen (secondary N) is 2. The van der Waals surface area contributed by atoms with E-state index in [9.17, 15) is 8.42 Å². The Kier molecular flexibility index (Phi) is 5.07. The summed E-state index contributed by atoms with van der Waals surface area (Å²) in [7, 11) is -3.59. The highest BCUT2D eigenvalue weighted by Gasteiger charge is 2.15. The molecule has 0 amide bonds. The second-order valence-electron chi connectivity index (χ2n) is 5.00. The molecule has 0 unspecified atom stereocenters. The number of nitrogens with zero attached hydrogens (tertiary/aromatic N) is 2. The lowest BCUT2D eigenvalue weighted by molar-refractivity contribution is 0.603. The van der Waals surface area contributed by atoms with Crippen LogP contribution >= 0.6 is 11.3 Å². The molecule has 2 N–H and O–H groups in total. The van der Waals surface area contributed by atoms with Gasteiger partial charge >= 0.3 is 0 Å². The standard InChI is InChI=1S/C16H16N4O2S2/c21-24(22,16-7-4-12-23-16)20-15-9-8-14(18-19-15)17-11-10-13-5-2-1-3-6-13/h1-9,12H,10-11H2,(H,17,18)(H,19,20). The second-order valence-corrected chi connectivity index (χ2v) is 7.86. The largest absolute Gasteiger partial charge is 0.368 e. The molecule has 0 aliphatic rings. The molecule has 0 fully saturated rings. The van der Waals surface area contributed by atoms with Gasteiger partial charge in [-0.05, 0) is 35.6 Å². The molecule has 3 rings (SSSR count). The van der Waals surface area contributed by atoms with Gasteiger partial charge in [-0.1, -0.05) is 36.4 Å². The lowest BCUT2D eigenvalue weighted by atomic mass is 10.1. The lowest BCUT2D eigenvalue weighted by Crippen LogP contribution is -2.13. The number of benzene rings is 1. The first-order valence-corrected chi connectivity index (χ1v) is 9.68. The van der Waals surface area contributed by atoms with Crippen LogP contribution in [0.4, 0.5) is 11.6 Å². The van der Waals surface area contributed by atoms with Gasteiger partial charge < -0.3 is 5.32 Å². The van der Waals surface area contributed by atoms with Gasteiger partial charge in [-0.2, -0.15) is 0 Å². The molecule has 0 spiro atoms. The van der Waals surface area contributed by atoms with Gasteiger partial charge in [-0.3, -0.25) is 4.72 Å². The zero-order valence-corrected chi connectivity index (χ0v) is 14.3. The molecule has 3 aromatic rings. The van der Waals surface area contributed by atoms with Crippen LogP contribution < -0.4 is 10.0 Å². The molecule has 0 radical (unpaired) electrons. The smallest absolute Gasteiger partial charge is 0.272 e. The number of hydrogen-bond donors (Lipinski definition) is 2. The van der Waals surface area contributed by atoms with E-state index in [0.717, 1.165) is 24.3 Å². The molecule has 0 atom stereocenters. The molecule has 0 saturated carbocycles. The van der Waals surface area contributed by atoms with E-state index < -0.39 is 10.0 Å². The van der Waals surface area contributed by atoms with Crippen molar-refractivity contribution < 1.29 is 8.42 Å². The third-order valence-corrected chi connectivity index (χ3v) is 5.98. The minimum Gasteiger partial charge on any atom is -0.368 e. The SMILES string of the molecule is O=S(=O)(Nc1ccc(NCCc2ccccc2)nn1)c1cccs1. The average molecular weight is 360 g/mol. The molecule has 0 bridgehead atoms. The summed E-state index contributed by atoms with van der Waals surface area (Å²) in [4.78, 5) is 0. The zero-order valence-electron chi connectivity index (χ0n) is 12.7. The summed E-state index contributed by atoms with van der Waals surface area (Å²) in [6.07, 6.45) is 0.870. The summed E-state index contributed by atoms with van der Waals surface area (Å²) in [6.45, 7) is 0.721. The number of thiophene rings is 1. The summed E-state index contributed by atoms with van der Waals surface area (Å²) in [6, 6.07) is 16.6. The molecule has 0 aliphatic carbocycles. The van der Waals surface area contributed by atoms with Crippen LogP contribution in [0.2, 0.25) is 0 Å². The summed E-state index contributed by atoms with van der Waals surface area (Å²) in [5, 5.41) is 12.8. The molecular weight excluding hydrogens is 344 g/mol. The van der Waals surface area contributed by atoms with E-state index in [-0.39, 0.29) is 10.0 Å². The van der Waals surface area contributed by atoms with Gasteiger partial charge in [0.25, 0.3) is 10.0 Å². The minimum atomic E-state index is -3.59. The lowest BCUT2D eigenvalue weighted by Gasteiger charge is -2.07. The third kappa shape index (κ3) is 4.30. The van der Waals surface area contributed by atoms with E-state index in [1.54, 1.807) is 29.6 Å². The Hall–Kier alpha value is -2.45. The Morgan fingerprint density at radius 2 is 1.67 bits per heavy atom. The molecule has 1 aromatic carbocycles. The first kappa shape index (κ1) is 16.4. The molecule has 8 heteroatoms. The Balaban J connectivity index is 1.56. The van der Waals surface area contributed by atoms with Crippen molar-refractivity contribution in [3.05, 3.63) is 65.5 Å². The first-order chi connectivity index (χ1) is 11.6. The van der Waals surface area contributed by atoms with E-state index in [1.165, 1.54) is 5.56 Å². The number of rotatable bonds is 7. The highest BCUT2D eigenvalue weighted by molar-refractivity contribution is 7.94. The Morgan fingerprint density at radius 3 is 2.33 bits per heavy atom. The van der Waals surface area contributed by atoms with Gasteiger partial charge in [0, 0.05) is 6.54 Å². The number of aromatic nitrogens is 2. The van der Waals surface area contributed by atoms with Crippen LogP contribution in [0.15, 0.2) is 64.2 Å². The summed E-state index contributed by atoms with van der Waals surface area (Å²) in [5.74, 6) is 0.794. The van der Waals surface area contributed by atoms with Gasteiger partial charge in [0.05, 0.1) is 0 Å². The van der Waals surface area contributed by atoms with E-state index in [2.05, 4.69) is 32.4 Å². The maximum absolute atomic E-state index is 12.1. The van der Waals surface area contributed by atoms with Crippen molar-refractivity contribution in [2.24, 2.45) is 0 Å². The van der Waals surface area contributed by atoms with Crippen LogP contribution in [0.1, 0.15) is 5.56 Å². The van der Waals surface area contributed by atoms with E-state index in [0.29, 0.717) is 5.82 Å². The van der Waals surface area contributed by atoms with Crippen molar-refractivity contribution in [2.75, 3.05) is 16.6 Å². The Morgan fingerprint density at radius 1 is 0.917 bits per heavy atom. The maximum Gasteiger partial charge on any atom is 0.272 e. The Bertz CT molecular complexity index is 864. The quantitative estimate of drug-likeness (QED) is 0.677. The van der Waals surface area contributed by atoms with Crippen molar-refractivity contribution >= 4 is 33.0 Å². The highest BCUT2D eigenvalue weighted by Crippen LogP contribution is 2.19. The molecule has 124 valence electrons. The predicted molar refractivity (Wildman–Crippen MR) is 95.8 cm³/mol. The van der Waals surface area contributed by atoms with Gasteiger partial charge in [0.1, 0.15) is 10.0 Å². The van der Waals surface area contributed by atoms with Crippen LogP contribution in [-0.4, -0.2) is 25.2 Å². The number of anilines is 2. The average Bonchev–Trinajstić information content (AvgIpc) is 3.13. The summed E-state index contributed by atoms with van der Waals surface area (Å²) < 4.78 is 26.8. The van der Waals surface area contributed by atoms with Crippen molar-refractivity contribution in [3.63, 3.8) is 0 Å². The second kappa shape index (κ2) is 7.41. The van der Waals surface area contributed by atoms with Crippen molar-refractivity contribution in [1.29, 1.82) is 0 Å². The molecule has 2 heterocycles. The Labute approximate surface area is 144 Å². The van der Waals surface area contributed by atoms with Gasteiger partial charge in [-0.25, -0.2) is 8.42 Å². The van der Waals surface area contributed by atoms with Crippen molar-refractivity contribution in [1.82, 2.24) is 10.2 Å². The third-order valence-electron chi connectivity index (χ3n) is 3.23. The molecule has 6 nitrogen and oxygen atoms in total. The summed E-state index contributed by atoms with van der Waals surface area (Å²) >= 11 is 1.15. The normalized spacial score (nSPS) is 11.2. The predicted octanol–water partition coefficient (Wildman–Crippen LogP) is 2.99. The van der Waals surface area contributed by atoms with Crippen LogP contribution in [-0.2, 0) is 16.4 Å². The van der Waals surface area contributed by atoms with Crippen LogP contribution in [0.3, 0.4) is 0 Å². The van der Waals surface area contributed by atoms with E-state index in [4.69, 9.17) is 0 Å². The van der Waals surface area contributed by atoms with Crippen LogP contribution in [0.5, 0.6) is 0 Å². The molecule has 2 aromatic heterocycles. The number of sulfonamides is 1. The van der Waals surface area contributed by atoms with Crippen LogP contribution in [0, 0.1) is 0 Å². The van der Waals surface area contributed by atoms with Crippen LogP contribution in [0.25, 0.3) is 0 Å². The van der Waals surface area contributed by atoms with Crippen molar-refractivity contribution in [3.8, 4) is 0 Å². The molecule has 0 aliphatic heterocycles. The fourth-order valence-electron chi connectivity index (χ4n) is 2.06. The fourth-order valence-corrected chi connectivity index (χ4v) is 4.05. The molecule has 0 saturated heterocycles. The molecule has 24 heavy (non-hydrogen) atoms. The van der Waals surface area contributed by atoms with Gasteiger partial charge in [0.2, 0.25) is 0 Å². The van der Waals surface area contributed by atoms with E-state index >= 15 is 0 Å². The van der Waals surface area contributed by atoms with Gasteiger partial charge in [-0.15, -0.1) is 21.5 Å².